The van der Waals surface area contributed by atoms with E-state index < -0.39 is 352 Å². The second-order valence-electron chi connectivity index (χ2n) is 38.4. The van der Waals surface area contributed by atoms with Gasteiger partial charge in [-0.05, 0) is 26.2 Å². The standard InChI is InChI=1S/C93H164N4O45/c1-7-9-11-13-15-17-19-21-22-24-26-28-30-32-34-36-60(111)97-50(51(108)35-33-31-29-27-25-23-20-18-16-14-12-10-8-2)45-127-87-73(121)71(119)77(57(42-102)133-87)135-91-76(124)84(79(59(44-104)134-91)136-85-62(95-48(5)106)69(117)66(114)54(39-99)129-85)140-89-74(122)82(67(115)55(40-100)130-89)139-86-63(96-49(6)107)81(138-88-72(120)70(118)64(112)46(3)128-88)78(58(43-103)132-86)137-90-75(123)83(68(116)56(41-101)131-90)142-93(92(125)126)37-52(109)61(94-47(4)105)80(141-93)65(113)53(110)38-98/h33,35,46,50-59,61-91,98-104,108-110,112-124H,7-32,34,36-45H2,1-6H3,(H,94,105)(H,95,106)(H,96,107)(H,97,111)(H,125,126)/b35-33+/t46?,50-,51+,52?,53+,54?,55?,56?,57?,58?,59?,61+,62?,63?,64+,65+,66-,67-,68-,69+,70?,71+,72-,73?,74?,75?,76?,77+,78+,79-,80?,81+,82-,83-,84+,85-,86-,87+,88+,89+,90-,91-,93-/m0/s1. The van der Waals surface area contributed by atoms with Crippen LogP contribution in [-0.2, 0) is 99.8 Å². The molecule has 16 unspecified atom stereocenters. The quantitative estimate of drug-likeness (QED) is 0.0199. The number of carbonyl (C=O) groups is 5. The lowest BCUT2D eigenvalue weighted by Gasteiger charge is -2.53. The lowest BCUT2D eigenvalue weighted by atomic mass is 9.88. The van der Waals surface area contributed by atoms with Gasteiger partial charge in [-0.25, -0.2) is 4.79 Å². The topological polar surface area (TPSA) is 767 Å². The van der Waals surface area contributed by atoms with Crippen LogP contribution in [0.3, 0.4) is 0 Å². The molecule has 8 aliphatic heterocycles. The molecule has 0 radical (unpaired) electrons. The number of ether oxygens (including phenoxy) is 16. The number of carboxylic acid groups (broad SMARTS) is 1. The fourth-order valence-corrected chi connectivity index (χ4v) is 19.1. The Hall–Kier alpha value is -4.47. The van der Waals surface area contributed by atoms with Crippen LogP contribution in [0.1, 0.15) is 228 Å². The highest BCUT2D eigenvalue weighted by Crippen LogP contribution is 2.43. The highest BCUT2D eigenvalue weighted by Gasteiger charge is 2.64. The van der Waals surface area contributed by atoms with E-state index in [0.717, 1.165) is 85.0 Å². The fraction of sp³-hybridized carbons (Fsp3) is 0.925. The fourth-order valence-electron chi connectivity index (χ4n) is 19.1. The summed E-state index contributed by atoms with van der Waals surface area (Å²) in [6.45, 7) is -0.518. The molecule has 43 atom stereocenters. The Bertz CT molecular complexity index is 3620. The maximum Gasteiger partial charge on any atom is 0.364 e. The first-order chi connectivity index (χ1) is 67.8. The molecule has 8 saturated heterocycles. The third kappa shape index (κ3) is 34.3. The van der Waals surface area contributed by atoms with Gasteiger partial charge in [0.1, 0.15) is 183 Å². The molecule has 49 nitrogen and oxygen atoms in total. The molecule has 0 aliphatic carbocycles. The maximum atomic E-state index is 13.8. The van der Waals surface area contributed by atoms with Gasteiger partial charge in [-0.15, -0.1) is 0 Å². The van der Waals surface area contributed by atoms with Crippen LogP contribution in [0.15, 0.2) is 12.2 Å². The van der Waals surface area contributed by atoms with Crippen LogP contribution in [-0.4, -0.2) is 468 Å². The molecular formula is C93H164N4O45. The Balaban J connectivity index is 1.07. The number of hydrogen-bond donors (Lipinski definition) is 28. The average Bonchev–Trinajstić information content (AvgIpc) is 0.743. The van der Waals surface area contributed by atoms with Gasteiger partial charge in [0.15, 0.2) is 44.0 Å². The van der Waals surface area contributed by atoms with Crippen molar-refractivity contribution >= 4 is 29.6 Å². The molecule has 0 bridgehead atoms. The number of amides is 4. The van der Waals surface area contributed by atoms with Gasteiger partial charge in [0, 0.05) is 33.6 Å². The van der Waals surface area contributed by atoms with Gasteiger partial charge in [0.2, 0.25) is 23.6 Å². The molecule has 4 amide bonds. The van der Waals surface area contributed by atoms with Crippen LogP contribution in [0.25, 0.3) is 0 Å². The summed E-state index contributed by atoms with van der Waals surface area (Å²) in [5, 5.41) is 284. The summed E-state index contributed by atoms with van der Waals surface area (Å²) < 4.78 is 97.8. The Morgan fingerprint density at radius 1 is 0.380 bits per heavy atom. The second kappa shape index (κ2) is 61.7. The van der Waals surface area contributed by atoms with Crippen molar-refractivity contribution in [2.45, 2.75) is 491 Å². The molecule has 8 aliphatic rings. The summed E-state index contributed by atoms with van der Waals surface area (Å²) in [6, 6.07) is -6.91. The first-order valence-electron chi connectivity index (χ1n) is 50.5. The normalized spacial score (nSPS) is 38.8. The van der Waals surface area contributed by atoms with Crippen LogP contribution >= 0.6 is 0 Å². The van der Waals surface area contributed by atoms with Gasteiger partial charge >= 0.3 is 5.97 Å². The first kappa shape index (κ1) is 123. The van der Waals surface area contributed by atoms with E-state index in [1.165, 1.54) is 109 Å². The van der Waals surface area contributed by atoms with Gasteiger partial charge in [-0.1, -0.05) is 180 Å². The number of carboxylic acids is 1. The molecule has 49 heteroatoms. The van der Waals surface area contributed by atoms with Crippen molar-refractivity contribution in [3.63, 3.8) is 0 Å². The number of nitrogens with one attached hydrogen (secondary N) is 4. The van der Waals surface area contributed by atoms with Gasteiger partial charge in [-0.3, -0.25) is 19.2 Å². The molecule has 0 spiro atoms. The highest BCUT2D eigenvalue weighted by atomic mass is 16.8. The monoisotopic (exact) mass is 2060 g/mol. The van der Waals surface area contributed by atoms with Crippen LogP contribution in [0.2, 0.25) is 0 Å². The Labute approximate surface area is 825 Å². The summed E-state index contributed by atoms with van der Waals surface area (Å²) >= 11 is 0. The largest absolute Gasteiger partial charge is 0.477 e. The summed E-state index contributed by atoms with van der Waals surface area (Å²) in [4.78, 5) is 66.3. The van der Waals surface area contributed by atoms with E-state index in [9.17, 15) is 147 Å². The zero-order valence-electron chi connectivity index (χ0n) is 81.9. The maximum absolute atomic E-state index is 13.8. The average molecular weight is 2060 g/mol. The zero-order valence-corrected chi connectivity index (χ0v) is 81.9. The van der Waals surface area contributed by atoms with E-state index in [1.54, 1.807) is 6.08 Å². The van der Waals surface area contributed by atoms with Crippen LogP contribution in [0.4, 0.5) is 0 Å². The number of hydrogen-bond acceptors (Lipinski definition) is 44. The predicted octanol–water partition coefficient (Wildman–Crippen LogP) is -6.40. The number of aliphatic carboxylic acids is 1. The van der Waals surface area contributed by atoms with Crippen molar-refractivity contribution in [3.8, 4) is 0 Å². The minimum absolute atomic E-state index is 0.102. The molecule has 0 aromatic carbocycles. The van der Waals surface area contributed by atoms with Crippen molar-refractivity contribution in [3.05, 3.63) is 12.2 Å². The SMILES string of the molecule is CCCCCCCCCCCCC/C=C/[C@@H](O)[C@H](CO[C@@H]1OC(CO)[C@@H](O[C@@H]2OC(CO)[C@H](O[C@@H]3OC(CO)[C@H](O)[C@H](O)C3NC(C)=O)[C@H](O[C@H]3OC(CO)[C@H](O)[C@H](O[C@@H]4OC(CO)[C@@H](O[C@@H]5OC(CO)[C@H](O)[C@H](O[C@]6(C(=O)O)CC(O)[C@@H](NC(C)=O)C([C@H](O)[C@H](O)CO)O6)C5O)[C@H](O[C@H]5OC(C)[C@@H](O)C(O)[C@@H]5O)C4NC(C)=O)C3O)C2O)[C@H](O)C1O)NC(=O)CCCCCCCCCCCCCCCCC. The van der Waals surface area contributed by atoms with Crippen molar-refractivity contribution in [1.29, 1.82) is 0 Å². The zero-order chi connectivity index (χ0) is 104. The lowest BCUT2D eigenvalue weighted by molar-refractivity contribution is -0.406. The summed E-state index contributed by atoms with van der Waals surface area (Å²) in [5.74, 6) is -8.75. The third-order valence-corrected chi connectivity index (χ3v) is 27.3. The molecule has 0 saturated carbocycles. The smallest absolute Gasteiger partial charge is 0.364 e. The number of carbonyl (C=O) groups excluding carboxylic acids is 4. The first-order valence-corrected chi connectivity index (χ1v) is 50.5. The minimum atomic E-state index is -3.35. The van der Waals surface area contributed by atoms with E-state index in [1.807, 2.05) is 0 Å². The molecule has 0 aromatic heterocycles. The van der Waals surface area contributed by atoms with Crippen LogP contribution in [0, 0.1) is 0 Å². The van der Waals surface area contributed by atoms with Crippen molar-refractivity contribution in [1.82, 2.24) is 21.3 Å². The van der Waals surface area contributed by atoms with E-state index >= 15 is 0 Å². The van der Waals surface area contributed by atoms with Crippen molar-refractivity contribution < 1.29 is 222 Å². The summed E-state index contributed by atoms with van der Waals surface area (Å²) in [6.07, 6.45) is -50.1. The van der Waals surface area contributed by atoms with Gasteiger partial charge in [0.05, 0.1) is 83.3 Å². The Kier molecular flexibility index (Phi) is 53.4. The molecule has 0 aromatic rings. The molecule has 8 fully saturated rings. The van der Waals surface area contributed by atoms with E-state index in [4.69, 9.17) is 75.8 Å². The predicted molar refractivity (Wildman–Crippen MR) is 486 cm³/mol. The van der Waals surface area contributed by atoms with Gasteiger partial charge in [0.25, 0.3) is 5.79 Å². The Morgan fingerprint density at radius 3 is 1.27 bits per heavy atom. The van der Waals surface area contributed by atoms with E-state index in [0.29, 0.717) is 12.8 Å². The number of aliphatic hydroxyl groups is 23. The Morgan fingerprint density at radius 2 is 0.761 bits per heavy atom. The molecule has 8 rings (SSSR count). The number of allylic oxidation sites excluding steroid dienone is 1. The van der Waals surface area contributed by atoms with Crippen LogP contribution in [0.5, 0.6) is 0 Å². The van der Waals surface area contributed by atoms with Gasteiger partial charge < -0.3 is 220 Å². The number of rotatable bonds is 61. The molecule has 142 heavy (non-hydrogen) atoms. The number of unbranched alkanes of at least 4 members (excludes halogenated alkanes) is 25. The van der Waals surface area contributed by atoms with Crippen molar-refractivity contribution in [2.24, 2.45) is 0 Å². The minimum Gasteiger partial charge on any atom is -0.477 e. The second-order valence-corrected chi connectivity index (χ2v) is 38.4. The third-order valence-electron chi connectivity index (χ3n) is 27.3. The van der Waals surface area contributed by atoms with Crippen LogP contribution < -0.4 is 21.3 Å². The lowest BCUT2D eigenvalue weighted by Crippen LogP contribution is -2.72. The van der Waals surface area contributed by atoms with E-state index in [-0.39, 0.29) is 6.42 Å². The molecule has 8 heterocycles. The molecular weight excluding hydrogens is 1890 g/mol. The summed E-state index contributed by atoms with van der Waals surface area (Å²) in [5.41, 5.74) is 0. The molecule has 826 valence electrons. The van der Waals surface area contributed by atoms with Crippen molar-refractivity contribution in [2.75, 3.05) is 52.9 Å². The number of aliphatic hydroxyl groups excluding tert-OH is 23. The highest BCUT2D eigenvalue weighted by molar-refractivity contribution is 5.77. The summed E-state index contributed by atoms with van der Waals surface area (Å²) in [7, 11) is 0. The van der Waals surface area contributed by atoms with E-state index in [2.05, 4.69) is 35.1 Å². The molecule has 28 N–H and O–H groups in total. The van der Waals surface area contributed by atoms with Gasteiger partial charge in [-0.2, -0.15) is 0 Å².